The molecule has 1 aromatic heterocycles. The van der Waals surface area contributed by atoms with Gasteiger partial charge in [0.1, 0.15) is 11.6 Å². The van der Waals surface area contributed by atoms with Crippen LogP contribution in [0.1, 0.15) is 68.9 Å². The van der Waals surface area contributed by atoms with Gasteiger partial charge < -0.3 is 9.47 Å². The van der Waals surface area contributed by atoms with E-state index in [1.54, 1.807) is 0 Å². The number of aromatic nitrogens is 3. The van der Waals surface area contributed by atoms with Crippen LogP contribution in [-0.4, -0.2) is 56.7 Å². The Morgan fingerprint density at radius 2 is 1.68 bits per heavy atom. The van der Waals surface area contributed by atoms with Crippen LogP contribution in [-0.2, 0) is 18.4 Å². The number of likely N-dealkylation sites (tertiary alicyclic amines) is 2. The van der Waals surface area contributed by atoms with Gasteiger partial charge in [-0.3, -0.25) is 9.69 Å². The molecule has 3 fully saturated rings. The van der Waals surface area contributed by atoms with Crippen molar-refractivity contribution in [2.24, 2.45) is 13.0 Å². The van der Waals surface area contributed by atoms with Crippen molar-refractivity contribution >= 4 is 5.91 Å². The smallest absolute Gasteiger partial charge is 0.225 e. The highest BCUT2D eigenvalue weighted by atomic mass is 16.2. The molecule has 6 nitrogen and oxygen atoms in total. The largest absolute Gasteiger partial charge is 0.342 e. The van der Waals surface area contributed by atoms with Crippen molar-refractivity contribution in [2.75, 3.05) is 26.2 Å². The Hall–Kier alpha value is -1.43. The third-order valence-corrected chi connectivity index (χ3v) is 6.44. The molecule has 6 heteroatoms. The molecule has 138 valence electrons. The highest BCUT2D eigenvalue weighted by Crippen LogP contribution is 2.32. The molecule has 1 saturated carbocycles. The second kappa shape index (κ2) is 7.44. The van der Waals surface area contributed by atoms with Gasteiger partial charge in [-0.1, -0.05) is 12.8 Å². The van der Waals surface area contributed by atoms with E-state index in [9.17, 15) is 4.79 Å². The van der Waals surface area contributed by atoms with Gasteiger partial charge in [0, 0.05) is 32.0 Å². The Labute approximate surface area is 150 Å². The lowest BCUT2D eigenvalue weighted by Crippen LogP contribution is -2.43. The third-order valence-electron chi connectivity index (χ3n) is 6.44. The maximum atomic E-state index is 12.4. The molecule has 0 aromatic carbocycles. The van der Waals surface area contributed by atoms with Gasteiger partial charge in [0.15, 0.2) is 0 Å². The molecule has 0 N–H and O–H groups in total. The number of nitrogens with zero attached hydrogens (tertiary/aromatic N) is 5. The SMILES string of the molecule is Cn1c(CN2CCCCC2)nnc1C1CCN(C(=O)C2CCC2)CC1. The van der Waals surface area contributed by atoms with Crippen molar-refractivity contribution < 1.29 is 4.79 Å². The molecular weight excluding hydrogens is 314 g/mol. The fourth-order valence-electron chi connectivity index (χ4n) is 4.46. The molecule has 0 radical (unpaired) electrons. The molecule has 2 aliphatic heterocycles. The molecule has 4 rings (SSSR count). The summed E-state index contributed by atoms with van der Waals surface area (Å²) >= 11 is 0. The van der Waals surface area contributed by atoms with E-state index in [1.807, 2.05) is 0 Å². The maximum Gasteiger partial charge on any atom is 0.225 e. The summed E-state index contributed by atoms with van der Waals surface area (Å²) in [6.45, 7) is 5.05. The average molecular weight is 345 g/mol. The first-order valence-corrected chi connectivity index (χ1v) is 10.1. The maximum absolute atomic E-state index is 12.4. The molecular formula is C19H31N5O. The number of hydrogen-bond donors (Lipinski definition) is 0. The van der Waals surface area contributed by atoms with Crippen LogP contribution < -0.4 is 0 Å². The summed E-state index contributed by atoms with van der Waals surface area (Å²) in [5.41, 5.74) is 0. The third kappa shape index (κ3) is 3.59. The zero-order valence-corrected chi connectivity index (χ0v) is 15.5. The van der Waals surface area contributed by atoms with E-state index in [4.69, 9.17) is 0 Å². The minimum Gasteiger partial charge on any atom is -0.342 e. The predicted molar refractivity (Wildman–Crippen MR) is 96.0 cm³/mol. The summed E-state index contributed by atoms with van der Waals surface area (Å²) in [4.78, 5) is 17.0. The van der Waals surface area contributed by atoms with E-state index in [0.717, 1.165) is 57.0 Å². The Bertz CT molecular complexity index is 595. The van der Waals surface area contributed by atoms with E-state index in [-0.39, 0.29) is 0 Å². The minimum atomic E-state index is 0.322. The monoisotopic (exact) mass is 345 g/mol. The second-order valence-corrected chi connectivity index (χ2v) is 8.10. The zero-order valence-electron chi connectivity index (χ0n) is 15.5. The molecule has 0 spiro atoms. The highest BCUT2D eigenvalue weighted by Gasteiger charge is 2.33. The lowest BCUT2D eigenvalue weighted by atomic mass is 9.83. The van der Waals surface area contributed by atoms with E-state index >= 15 is 0 Å². The molecule has 0 bridgehead atoms. The number of piperidine rings is 2. The van der Waals surface area contributed by atoms with Crippen molar-refractivity contribution in [1.29, 1.82) is 0 Å². The van der Waals surface area contributed by atoms with Crippen LogP contribution in [0, 0.1) is 5.92 Å². The molecule has 1 aliphatic carbocycles. The Kier molecular flexibility index (Phi) is 5.06. The van der Waals surface area contributed by atoms with Crippen molar-refractivity contribution in [3.8, 4) is 0 Å². The molecule has 3 heterocycles. The topological polar surface area (TPSA) is 54.3 Å². The van der Waals surface area contributed by atoms with Crippen molar-refractivity contribution in [3.63, 3.8) is 0 Å². The quantitative estimate of drug-likeness (QED) is 0.840. The first kappa shape index (κ1) is 17.0. The van der Waals surface area contributed by atoms with Gasteiger partial charge in [-0.25, -0.2) is 0 Å². The molecule has 25 heavy (non-hydrogen) atoms. The van der Waals surface area contributed by atoms with Crippen LogP contribution in [0.4, 0.5) is 0 Å². The van der Waals surface area contributed by atoms with Crippen LogP contribution in [0.3, 0.4) is 0 Å². The van der Waals surface area contributed by atoms with E-state index in [2.05, 4.69) is 31.6 Å². The summed E-state index contributed by atoms with van der Waals surface area (Å²) in [6.07, 6.45) is 9.44. The van der Waals surface area contributed by atoms with Crippen LogP contribution in [0.15, 0.2) is 0 Å². The van der Waals surface area contributed by atoms with Crippen LogP contribution in [0.25, 0.3) is 0 Å². The van der Waals surface area contributed by atoms with Gasteiger partial charge in [0.05, 0.1) is 6.54 Å². The first-order valence-electron chi connectivity index (χ1n) is 10.1. The molecule has 2 saturated heterocycles. The van der Waals surface area contributed by atoms with Gasteiger partial charge in [0.25, 0.3) is 0 Å². The summed E-state index contributed by atoms with van der Waals surface area (Å²) in [5, 5.41) is 9.00. The van der Waals surface area contributed by atoms with Gasteiger partial charge in [-0.2, -0.15) is 0 Å². The predicted octanol–water partition coefficient (Wildman–Crippen LogP) is 2.31. The van der Waals surface area contributed by atoms with Gasteiger partial charge in [0.2, 0.25) is 5.91 Å². The zero-order chi connectivity index (χ0) is 17.2. The number of rotatable bonds is 4. The normalized spacial score (nSPS) is 23.6. The summed E-state index contributed by atoms with van der Waals surface area (Å²) in [7, 11) is 2.11. The Morgan fingerprint density at radius 3 is 2.32 bits per heavy atom. The first-order chi connectivity index (χ1) is 12.2. The second-order valence-electron chi connectivity index (χ2n) is 8.10. The van der Waals surface area contributed by atoms with Gasteiger partial charge >= 0.3 is 0 Å². The summed E-state index contributed by atoms with van der Waals surface area (Å²) in [6, 6.07) is 0. The Morgan fingerprint density at radius 1 is 0.960 bits per heavy atom. The lowest BCUT2D eigenvalue weighted by molar-refractivity contribution is -0.139. The minimum absolute atomic E-state index is 0.322. The molecule has 3 aliphatic rings. The number of amides is 1. The number of carbonyl (C=O) groups is 1. The highest BCUT2D eigenvalue weighted by molar-refractivity contribution is 5.79. The van der Waals surface area contributed by atoms with E-state index < -0.39 is 0 Å². The van der Waals surface area contributed by atoms with Crippen LogP contribution in [0.2, 0.25) is 0 Å². The molecule has 1 amide bonds. The fourth-order valence-corrected chi connectivity index (χ4v) is 4.46. The summed E-state index contributed by atoms with van der Waals surface area (Å²) in [5.74, 6) is 3.36. The van der Waals surface area contributed by atoms with Gasteiger partial charge in [-0.15, -0.1) is 10.2 Å². The Balaban J connectivity index is 1.34. The molecule has 1 aromatic rings. The fraction of sp³-hybridized carbons (Fsp3) is 0.842. The lowest BCUT2D eigenvalue weighted by Gasteiger charge is -2.36. The summed E-state index contributed by atoms with van der Waals surface area (Å²) < 4.78 is 2.21. The van der Waals surface area contributed by atoms with Crippen LogP contribution in [0.5, 0.6) is 0 Å². The average Bonchev–Trinajstić information content (AvgIpc) is 2.95. The number of carbonyl (C=O) groups excluding carboxylic acids is 1. The van der Waals surface area contributed by atoms with Crippen molar-refractivity contribution in [1.82, 2.24) is 24.6 Å². The van der Waals surface area contributed by atoms with Crippen molar-refractivity contribution in [2.45, 2.75) is 63.8 Å². The molecule has 0 atom stereocenters. The number of hydrogen-bond acceptors (Lipinski definition) is 4. The van der Waals surface area contributed by atoms with E-state index in [0.29, 0.717) is 17.7 Å². The van der Waals surface area contributed by atoms with E-state index in [1.165, 1.54) is 38.8 Å². The van der Waals surface area contributed by atoms with Crippen molar-refractivity contribution in [3.05, 3.63) is 11.6 Å². The van der Waals surface area contributed by atoms with Gasteiger partial charge in [-0.05, 0) is 51.6 Å². The molecule has 0 unspecified atom stereocenters. The standard InChI is InChI=1S/C19H31N5O/c1-22-17(14-23-10-3-2-4-11-23)20-21-18(22)15-8-12-24(13-9-15)19(25)16-6-5-7-16/h15-16H,2-14H2,1H3. The van der Waals surface area contributed by atoms with Crippen LogP contribution >= 0.6 is 0 Å².